The molecule has 2 nitrogen and oxygen atoms in total. The summed E-state index contributed by atoms with van der Waals surface area (Å²) >= 11 is 0. The molecular weight excluding hydrogens is 217 g/mol. The van der Waals surface area contributed by atoms with Gasteiger partial charge in [0.25, 0.3) is 0 Å². The second-order valence-electron chi connectivity index (χ2n) is 5.18. The average molecular weight is 233 g/mol. The van der Waals surface area contributed by atoms with Gasteiger partial charge in [-0.3, -0.25) is 9.69 Å². The molecule has 0 spiro atoms. The molecular formula is C14H16FNO. The van der Waals surface area contributed by atoms with Crippen LogP contribution in [0, 0.1) is 5.92 Å². The van der Waals surface area contributed by atoms with Crippen LogP contribution in [-0.2, 0) is 11.3 Å². The lowest BCUT2D eigenvalue weighted by atomic mass is 9.96. The monoisotopic (exact) mass is 233 g/mol. The van der Waals surface area contributed by atoms with Gasteiger partial charge in [0.15, 0.2) is 11.5 Å². The number of hydrogen-bond acceptors (Lipinski definition) is 2. The Bertz CT molecular complexity index is 433. The molecule has 1 heterocycles. The number of ketones is 1. The van der Waals surface area contributed by atoms with E-state index in [1.54, 1.807) is 0 Å². The Hall–Kier alpha value is -1.22. The van der Waals surface area contributed by atoms with E-state index in [9.17, 15) is 9.18 Å². The minimum absolute atomic E-state index is 0.0706. The van der Waals surface area contributed by atoms with E-state index in [1.807, 2.05) is 30.3 Å². The lowest BCUT2D eigenvalue weighted by Crippen LogP contribution is -2.36. The largest absolute Gasteiger partial charge is 0.296 e. The third-order valence-electron chi connectivity index (χ3n) is 4.01. The zero-order chi connectivity index (χ0) is 11.9. The van der Waals surface area contributed by atoms with Gasteiger partial charge < -0.3 is 0 Å². The van der Waals surface area contributed by atoms with Crippen LogP contribution in [0.3, 0.4) is 0 Å². The number of carbonyl (C=O) groups is 1. The second-order valence-corrected chi connectivity index (χ2v) is 5.18. The first kappa shape index (κ1) is 10.9. The minimum Gasteiger partial charge on any atom is -0.296 e. The van der Waals surface area contributed by atoms with Crippen LogP contribution < -0.4 is 0 Å². The molecule has 0 amide bonds. The van der Waals surface area contributed by atoms with Crippen molar-refractivity contribution >= 4 is 5.78 Å². The van der Waals surface area contributed by atoms with Crippen molar-refractivity contribution in [2.24, 2.45) is 5.92 Å². The zero-order valence-corrected chi connectivity index (χ0v) is 9.73. The van der Waals surface area contributed by atoms with Gasteiger partial charge in [-0.2, -0.15) is 0 Å². The first-order valence-corrected chi connectivity index (χ1v) is 6.17. The fourth-order valence-electron chi connectivity index (χ4n) is 3.09. The van der Waals surface area contributed by atoms with Crippen molar-refractivity contribution < 1.29 is 9.18 Å². The first-order chi connectivity index (χ1) is 8.18. The molecule has 0 bridgehead atoms. The Labute approximate surface area is 100 Å². The van der Waals surface area contributed by atoms with Crippen molar-refractivity contribution in [2.45, 2.75) is 25.1 Å². The van der Waals surface area contributed by atoms with Gasteiger partial charge in [0.1, 0.15) is 0 Å². The number of Topliss-reactive ketones (excluding diaryl/α,β-unsaturated/α-hetero) is 1. The number of hydrogen-bond donors (Lipinski definition) is 0. The predicted octanol–water partition coefficient (Wildman–Crippen LogP) is 2.19. The van der Waals surface area contributed by atoms with Crippen LogP contribution >= 0.6 is 0 Å². The highest BCUT2D eigenvalue weighted by molar-refractivity contribution is 5.90. The summed E-state index contributed by atoms with van der Waals surface area (Å²) in [5.74, 6) is -0.253. The molecule has 1 saturated carbocycles. The van der Waals surface area contributed by atoms with E-state index in [0.29, 0.717) is 6.42 Å². The number of fused-ring (bicyclic) bond motifs is 1. The van der Waals surface area contributed by atoms with Crippen molar-refractivity contribution in [3.63, 3.8) is 0 Å². The van der Waals surface area contributed by atoms with E-state index >= 15 is 0 Å². The number of benzene rings is 1. The van der Waals surface area contributed by atoms with Gasteiger partial charge in [0.2, 0.25) is 0 Å². The molecule has 17 heavy (non-hydrogen) atoms. The molecule has 2 aliphatic rings. The van der Waals surface area contributed by atoms with E-state index in [-0.39, 0.29) is 18.2 Å². The standard InChI is InChI=1S/C14H16FNO/c15-14-10-16(8-11-4-2-1-3-5-11)9-12(14)6-7-13(14)17/h1-5,12H,6-10H2/t12-,14+/m0/s1. The van der Waals surface area contributed by atoms with Crippen LogP contribution in [0.4, 0.5) is 4.39 Å². The maximum absolute atomic E-state index is 14.5. The number of halogens is 1. The van der Waals surface area contributed by atoms with Crippen LogP contribution in [0.5, 0.6) is 0 Å². The van der Waals surface area contributed by atoms with Crippen LogP contribution in [0.25, 0.3) is 0 Å². The molecule has 1 aromatic rings. The number of likely N-dealkylation sites (tertiary alicyclic amines) is 1. The Kier molecular flexibility index (Phi) is 2.51. The minimum atomic E-state index is -1.55. The lowest BCUT2D eigenvalue weighted by Gasteiger charge is -2.18. The van der Waals surface area contributed by atoms with Gasteiger partial charge in [-0.25, -0.2) is 4.39 Å². The first-order valence-electron chi connectivity index (χ1n) is 6.17. The third-order valence-corrected chi connectivity index (χ3v) is 4.01. The highest BCUT2D eigenvalue weighted by Gasteiger charge is 2.55. The molecule has 90 valence electrons. The highest BCUT2D eigenvalue weighted by atomic mass is 19.1. The molecule has 0 aromatic heterocycles. The topological polar surface area (TPSA) is 20.3 Å². The Morgan fingerprint density at radius 3 is 2.82 bits per heavy atom. The van der Waals surface area contributed by atoms with Crippen LogP contribution in [0.15, 0.2) is 30.3 Å². The molecule has 0 N–H and O–H groups in total. The van der Waals surface area contributed by atoms with Gasteiger partial charge in [-0.1, -0.05) is 30.3 Å². The van der Waals surface area contributed by atoms with Crippen molar-refractivity contribution in [2.75, 3.05) is 13.1 Å². The summed E-state index contributed by atoms with van der Waals surface area (Å²) in [6.07, 6.45) is 1.15. The van der Waals surface area contributed by atoms with Gasteiger partial charge >= 0.3 is 0 Å². The van der Waals surface area contributed by atoms with Crippen molar-refractivity contribution in [1.29, 1.82) is 0 Å². The van der Waals surface area contributed by atoms with E-state index in [1.165, 1.54) is 5.56 Å². The Morgan fingerprint density at radius 1 is 1.35 bits per heavy atom. The number of alkyl halides is 1. The van der Waals surface area contributed by atoms with Crippen molar-refractivity contribution in [1.82, 2.24) is 4.90 Å². The number of rotatable bonds is 2. The van der Waals surface area contributed by atoms with Crippen LogP contribution in [0.1, 0.15) is 18.4 Å². The number of carbonyl (C=O) groups excluding carboxylic acids is 1. The molecule has 3 heteroatoms. The molecule has 0 unspecified atom stereocenters. The average Bonchev–Trinajstić information content (AvgIpc) is 2.77. The second kappa shape index (κ2) is 3.91. The summed E-state index contributed by atoms with van der Waals surface area (Å²) in [4.78, 5) is 13.6. The fourth-order valence-corrected chi connectivity index (χ4v) is 3.09. The van der Waals surface area contributed by atoms with Gasteiger partial charge in [-0.05, 0) is 12.0 Å². The predicted molar refractivity (Wildman–Crippen MR) is 63.3 cm³/mol. The summed E-state index contributed by atoms with van der Waals surface area (Å²) in [7, 11) is 0. The molecule has 1 saturated heterocycles. The molecule has 1 aliphatic heterocycles. The fraction of sp³-hybridized carbons (Fsp3) is 0.500. The molecule has 2 atom stereocenters. The van der Waals surface area contributed by atoms with Gasteiger partial charge in [-0.15, -0.1) is 0 Å². The lowest BCUT2D eigenvalue weighted by molar-refractivity contribution is -0.127. The maximum Gasteiger partial charge on any atom is 0.185 e. The normalized spacial score (nSPS) is 33.0. The summed E-state index contributed by atoms with van der Waals surface area (Å²) in [5.41, 5.74) is -0.363. The summed E-state index contributed by atoms with van der Waals surface area (Å²) in [5, 5.41) is 0. The Balaban J connectivity index is 1.71. The zero-order valence-electron chi connectivity index (χ0n) is 9.73. The van der Waals surface area contributed by atoms with E-state index in [0.717, 1.165) is 19.5 Å². The summed E-state index contributed by atoms with van der Waals surface area (Å²) in [6, 6.07) is 10.0. The third kappa shape index (κ3) is 1.78. The number of nitrogens with zero attached hydrogens (tertiary/aromatic N) is 1. The molecule has 1 aromatic carbocycles. The summed E-state index contributed by atoms with van der Waals surface area (Å²) < 4.78 is 14.5. The van der Waals surface area contributed by atoms with Gasteiger partial charge in [0.05, 0.1) is 0 Å². The maximum atomic E-state index is 14.5. The van der Waals surface area contributed by atoms with Crippen molar-refractivity contribution in [3.8, 4) is 0 Å². The quantitative estimate of drug-likeness (QED) is 0.780. The van der Waals surface area contributed by atoms with Crippen LogP contribution in [0.2, 0.25) is 0 Å². The smallest absolute Gasteiger partial charge is 0.185 e. The van der Waals surface area contributed by atoms with E-state index < -0.39 is 5.67 Å². The van der Waals surface area contributed by atoms with E-state index in [4.69, 9.17) is 0 Å². The van der Waals surface area contributed by atoms with Crippen molar-refractivity contribution in [3.05, 3.63) is 35.9 Å². The molecule has 2 fully saturated rings. The van der Waals surface area contributed by atoms with E-state index in [2.05, 4.69) is 4.90 Å². The highest BCUT2D eigenvalue weighted by Crippen LogP contribution is 2.42. The molecule has 1 aliphatic carbocycles. The van der Waals surface area contributed by atoms with Crippen LogP contribution in [-0.4, -0.2) is 29.4 Å². The molecule has 0 radical (unpaired) electrons. The van der Waals surface area contributed by atoms with Gasteiger partial charge in [0, 0.05) is 32.0 Å². The molecule has 3 rings (SSSR count). The summed E-state index contributed by atoms with van der Waals surface area (Å²) in [6.45, 7) is 1.75. The SMILES string of the molecule is O=C1CC[C@H]2CN(Cc3ccccc3)C[C@]12F. The Morgan fingerprint density at radius 2 is 2.12 bits per heavy atom.